The van der Waals surface area contributed by atoms with Crippen LogP contribution in [0.3, 0.4) is 0 Å². The fourth-order valence-corrected chi connectivity index (χ4v) is 2.68. The van der Waals surface area contributed by atoms with Gasteiger partial charge in [-0.05, 0) is 6.92 Å². The van der Waals surface area contributed by atoms with Gasteiger partial charge in [0.2, 0.25) is 0 Å². The largest absolute Gasteiger partial charge is 0.452 e. The predicted octanol–water partition coefficient (Wildman–Crippen LogP) is -1.12. The minimum absolute atomic E-state index is 0.180. The van der Waals surface area contributed by atoms with Crippen LogP contribution in [-0.2, 0) is 14.9 Å². The average Bonchev–Trinajstić information content (AvgIpc) is 2.17. The summed E-state index contributed by atoms with van der Waals surface area (Å²) in [6.07, 6.45) is -0.972. The van der Waals surface area contributed by atoms with Crippen LogP contribution in [0.2, 0.25) is 0 Å². The number of hydrogen-bond donors (Lipinski definition) is 2. The minimum Gasteiger partial charge on any atom is -0.452 e. The highest BCUT2D eigenvalue weighted by Gasteiger charge is 2.30. The third kappa shape index (κ3) is 3.05. The third-order valence-corrected chi connectivity index (χ3v) is 3.73. The van der Waals surface area contributed by atoms with E-state index in [-0.39, 0.29) is 6.04 Å². The number of hydrogen-bond acceptors (Lipinski definition) is 5. The van der Waals surface area contributed by atoms with Crippen molar-refractivity contribution in [3.05, 3.63) is 0 Å². The van der Waals surface area contributed by atoms with Gasteiger partial charge in [0.25, 0.3) is 0 Å². The number of nitrogens with one attached hydrogen (secondary N) is 2. The van der Waals surface area contributed by atoms with E-state index in [1.54, 1.807) is 6.92 Å². The first-order chi connectivity index (χ1) is 6.97. The lowest BCUT2D eigenvalue weighted by atomic mass is 10.3. The van der Waals surface area contributed by atoms with Crippen molar-refractivity contribution in [2.45, 2.75) is 13.0 Å². The lowest BCUT2D eigenvalue weighted by Crippen LogP contribution is -2.56. The third-order valence-electron chi connectivity index (χ3n) is 2.15. The Hall–Kier alpha value is -0.860. The molecule has 15 heavy (non-hydrogen) atoms. The number of methoxy groups -OCH3 is 1. The molecule has 0 aromatic carbocycles. The van der Waals surface area contributed by atoms with Gasteiger partial charge in [0, 0.05) is 25.7 Å². The number of piperazine rings is 1. The molecule has 7 nitrogen and oxygen atoms in total. The van der Waals surface area contributed by atoms with E-state index in [2.05, 4.69) is 10.1 Å². The van der Waals surface area contributed by atoms with Crippen LogP contribution in [0.15, 0.2) is 0 Å². The zero-order valence-corrected chi connectivity index (χ0v) is 9.50. The van der Waals surface area contributed by atoms with Crippen molar-refractivity contribution in [2.75, 3.05) is 26.7 Å². The summed E-state index contributed by atoms with van der Waals surface area (Å²) in [4.78, 5) is 10.8. The molecule has 1 atom stereocenters. The van der Waals surface area contributed by atoms with Crippen LogP contribution in [0.4, 0.5) is 4.79 Å². The van der Waals surface area contributed by atoms with Crippen molar-refractivity contribution in [3.63, 3.8) is 0 Å². The molecule has 0 aliphatic carbocycles. The predicted molar refractivity (Wildman–Crippen MR) is 53.5 cm³/mol. The maximum absolute atomic E-state index is 11.7. The van der Waals surface area contributed by atoms with Gasteiger partial charge >= 0.3 is 16.3 Å². The summed E-state index contributed by atoms with van der Waals surface area (Å²) in [5, 5.41) is 3.05. The number of carbonyl (C=O) groups is 1. The smallest absolute Gasteiger partial charge is 0.421 e. The van der Waals surface area contributed by atoms with Gasteiger partial charge in [-0.2, -0.15) is 12.7 Å². The quantitative estimate of drug-likeness (QED) is 0.635. The fraction of sp³-hybridized carbons (Fsp3) is 0.857. The Morgan fingerprint density at radius 2 is 2.27 bits per heavy atom. The molecule has 1 aliphatic rings. The zero-order valence-electron chi connectivity index (χ0n) is 8.69. The van der Waals surface area contributed by atoms with Crippen LogP contribution >= 0.6 is 0 Å². The summed E-state index contributed by atoms with van der Waals surface area (Å²) < 4.78 is 30.6. The van der Waals surface area contributed by atoms with E-state index in [9.17, 15) is 13.2 Å². The number of ether oxygens (including phenoxy) is 1. The first-order valence-corrected chi connectivity index (χ1v) is 5.99. The van der Waals surface area contributed by atoms with Crippen LogP contribution in [0.1, 0.15) is 6.92 Å². The molecular formula is C7H15N3O4S. The molecule has 1 aliphatic heterocycles. The molecule has 1 fully saturated rings. The molecule has 1 amide bonds. The Bertz CT molecular complexity index is 329. The lowest BCUT2D eigenvalue weighted by Gasteiger charge is -2.32. The van der Waals surface area contributed by atoms with Gasteiger partial charge in [0.15, 0.2) is 0 Å². The first kappa shape index (κ1) is 12.2. The monoisotopic (exact) mass is 237 g/mol. The molecule has 8 heteroatoms. The Labute approximate surface area is 89.0 Å². The van der Waals surface area contributed by atoms with E-state index in [0.717, 1.165) is 7.11 Å². The molecule has 1 heterocycles. The molecule has 0 radical (unpaired) electrons. The molecular weight excluding hydrogens is 222 g/mol. The molecule has 0 aromatic rings. The van der Waals surface area contributed by atoms with Gasteiger partial charge in [-0.15, -0.1) is 0 Å². The summed E-state index contributed by atoms with van der Waals surface area (Å²) in [5.41, 5.74) is 0. The highest BCUT2D eigenvalue weighted by atomic mass is 32.2. The topological polar surface area (TPSA) is 87.7 Å². The Morgan fingerprint density at radius 1 is 1.60 bits per heavy atom. The van der Waals surface area contributed by atoms with Crippen LogP contribution < -0.4 is 10.0 Å². The lowest BCUT2D eigenvalue weighted by molar-refractivity contribution is 0.176. The zero-order chi connectivity index (χ0) is 11.5. The van der Waals surface area contributed by atoms with Crippen molar-refractivity contribution in [2.24, 2.45) is 0 Å². The number of nitrogens with zero attached hydrogens (tertiary/aromatic N) is 1. The molecule has 2 N–H and O–H groups in total. The van der Waals surface area contributed by atoms with Crippen LogP contribution in [0.25, 0.3) is 0 Å². The van der Waals surface area contributed by atoms with E-state index in [1.165, 1.54) is 4.31 Å². The number of amides is 1. The molecule has 1 saturated heterocycles. The molecule has 0 saturated carbocycles. The second kappa shape index (κ2) is 4.77. The van der Waals surface area contributed by atoms with Crippen LogP contribution in [0, 0.1) is 0 Å². The normalized spacial score (nSPS) is 23.5. The van der Waals surface area contributed by atoms with E-state index < -0.39 is 16.3 Å². The van der Waals surface area contributed by atoms with Crippen molar-refractivity contribution in [1.29, 1.82) is 0 Å². The van der Waals surface area contributed by atoms with Crippen LogP contribution in [0.5, 0.6) is 0 Å². The molecule has 88 valence electrons. The van der Waals surface area contributed by atoms with E-state index in [0.29, 0.717) is 19.6 Å². The minimum atomic E-state index is -3.78. The molecule has 0 unspecified atom stereocenters. The average molecular weight is 237 g/mol. The van der Waals surface area contributed by atoms with Crippen molar-refractivity contribution in [3.8, 4) is 0 Å². The highest BCUT2D eigenvalue weighted by Crippen LogP contribution is 2.07. The second-order valence-electron chi connectivity index (χ2n) is 3.26. The first-order valence-electron chi connectivity index (χ1n) is 4.55. The summed E-state index contributed by atoms with van der Waals surface area (Å²) in [6.45, 7) is 3.25. The van der Waals surface area contributed by atoms with Crippen molar-refractivity contribution >= 4 is 16.3 Å². The van der Waals surface area contributed by atoms with Crippen LogP contribution in [-0.4, -0.2) is 51.6 Å². The van der Waals surface area contributed by atoms with Crippen molar-refractivity contribution in [1.82, 2.24) is 14.3 Å². The van der Waals surface area contributed by atoms with Gasteiger partial charge in [-0.25, -0.2) is 9.52 Å². The van der Waals surface area contributed by atoms with E-state index in [4.69, 9.17) is 0 Å². The number of carbonyl (C=O) groups excluding carboxylic acids is 1. The van der Waals surface area contributed by atoms with Gasteiger partial charge in [-0.1, -0.05) is 0 Å². The summed E-state index contributed by atoms with van der Waals surface area (Å²) in [5.74, 6) is 0. The van der Waals surface area contributed by atoms with E-state index >= 15 is 0 Å². The van der Waals surface area contributed by atoms with E-state index in [1.807, 2.05) is 4.72 Å². The van der Waals surface area contributed by atoms with Gasteiger partial charge in [0.05, 0.1) is 7.11 Å². The fourth-order valence-electron chi connectivity index (χ4n) is 1.39. The molecule has 1 rings (SSSR count). The molecule has 0 spiro atoms. The van der Waals surface area contributed by atoms with Gasteiger partial charge < -0.3 is 10.1 Å². The Kier molecular flexibility index (Phi) is 3.89. The van der Waals surface area contributed by atoms with Gasteiger partial charge in [0.1, 0.15) is 0 Å². The Balaban J connectivity index is 2.71. The summed E-state index contributed by atoms with van der Waals surface area (Å²) in [6, 6.07) is -0.180. The van der Waals surface area contributed by atoms with Crippen molar-refractivity contribution < 1.29 is 17.9 Å². The maximum atomic E-state index is 11.7. The van der Waals surface area contributed by atoms with Gasteiger partial charge in [-0.3, -0.25) is 0 Å². The SMILES string of the molecule is COC(=O)NS(=O)(=O)N1CCNC[C@H]1C. The Morgan fingerprint density at radius 3 is 2.80 bits per heavy atom. The number of rotatable bonds is 2. The summed E-state index contributed by atoms with van der Waals surface area (Å²) in [7, 11) is -2.66. The maximum Gasteiger partial charge on any atom is 0.421 e. The highest BCUT2D eigenvalue weighted by molar-refractivity contribution is 7.87. The summed E-state index contributed by atoms with van der Waals surface area (Å²) >= 11 is 0. The molecule has 0 bridgehead atoms. The second-order valence-corrected chi connectivity index (χ2v) is 4.89. The standard InChI is InChI=1S/C7H15N3O4S/c1-6-5-8-3-4-10(6)15(12,13)9-7(11)14-2/h6,8H,3-5H2,1-2H3,(H,9,11)/t6-/m1/s1. The molecule has 0 aromatic heterocycles.